The summed E-state index contributed by atoms with van der Waals surface area (Å²) in [5.41, 5.74) is 0.956. The molecule has 0 spiro atoms. The third-order valence-corrected chi connectivity index (χ3v) is 3.34. The smallest absolute Gasteiger partial charge is 0.245 e. The number of carbonyl (C=O) groups excluding carboxylic acids is 1. The maximum absolute atomic E-state index is 11.1. The van der Waals surface area contributed by atoms with Gasteiger partial charge in [-0.25, -0.2) is 0 Å². The van der Waals surface area contributed by atoms with Crippen LogP contribution in [0, 0.1) is 0 Å². The van der Waals surface area contributed by atoms with Crippen molar-refractivity contribution < 1.29 is 14.1 Å². The van der Waals surface area contributed by atoms with E-state index in [2.05, 4.69) is 20.8 Å². The molecule has 2 aromatic rings. The standard InChI is InChI=1S/C14H16N4O3/c1-20-12(9-5-3-2-4-6-9)13-17-14(21-18-13)10-7-16-11(19)8-15-10/h2-6,10,12,15H,7-8H2,1H3,(H,16,19). The molecule has 0 aliphatic carbocycles. The third-order valence-electron chi connectivity index (χ3n) is 3.34. The van der Waals surface area contributed by atoms with Crippen LogP contribution in [0.4, 0.5) is 0 Å². The van der Waals surface area contributed by atoms with E-state index in [4.69, 9.17) is 9.26 Å². The molecule has 2 heterocycles. The van der Waals surface area contributed by atoms with Crippen LogP contribution in [0.1, 0.15) is 29.4 Å². The molecule has 1 aromatic heterocycles. The summed E-state index contributed by atoms with van der Waals surface area (Å²) in [6.07, 6.45) is -0.373. The topological polar surface area (TPSA) is 89.3 Å². The number of aromatic nitrogens is 2. The second kappa shape index (κ2) is 6.02. The quantitative estimate of drug-likeness (QED) is 0.855. The summed E-state index contributed by atoms with van der Waals surface area (Å²) < 4.78 is 10.8. The van der Waals surface area contributed by atoms with E-state index in [-0.39, 0.29) is 24.6 Å². The SMILES string of the molecule is COC(c1ccccc1)c1noc(C2CNC(=O)CN2)n1. The van der Waals surface area contributed by atoms with Crippen LogP contribution in [0.15, 0.2) is 34.9 Å². The van der Waals surface area contributed by atoms with Gasteiger partial charge in [-0.2, -0.15) is 4.98 Å². The molecular weight excluding hydrogens is 272 g/mol. The second-order valence-electron chi connectivity index (χ2n) is 4.75. The number of rotatable bonds is 4. The van der Waals surface area contributed by atoms with Gasteiger partial charge in [-0.05, 0) is 5.56 Å². The lowest BCUT2D eigenvalue weighted by Gasteiger charge is -2.20. The minimum absolute atomic E-state index is 0.0370. The van der Waals surface area contributed by atoms with E-state index < -0.39 is 0 Å². The fourth-order valence-electron chi connectivity index (χ4n) is 2.25. The van der Waals surface area contributed by atoms with Crippen molar-refractivity contribution in [2.24, 2.45) is 0 Å². The summed E-state index contributed by atoms with van der Waals surface area (Å²) in [5.74, 6) is 0.880. The molecule has 1 aromatic carbocycles. The van der Waals surface area contributed by atoms with Crippen molar-refractivity contribution >= 4 is 5.91 Å². The van der Waals surface area contributed by atoms with Crippen LogP contribution in [0.2, 0.25) is 0 Å². The highest BCUT2D eigenvalue weighted by Gasteiger charge is 2.26. The lowest BCUT2D eigenvalue weighted by molar-refractivity contribution is -0.121. The summed E-state index contributed by atoms with van der Waals surface area (Å²) in [6, 6.07) is 9.53. The van der Waals surface area contributed by atoms with Crippen LogP contribution in [0.25, 0.3) is 0 Å². The largest absolute Gasteiger partial charge is 0.369 e. The molecule has 7 heteroatoms. The minimum atomic E-state index is -0.373. The first-order chi connectivity index (χ1) is 10.3. The van der Waals surface area contributed by atoms with Gasteiger partial charge in [0, 0.05) is 13.7 Å². The van der Waals surface area contributed by atoms with Crippen LogP contribution in [-0.4, -0.2) is 36.2 Å². The number of carbonyl (C=O) groups is 1. The number of hydrogen-bond acceptors (Lipinski definition) is 6. The Morgan fingerprint density at radius 2 is 2.19 bits per heavy atom. The van der Waals surface area contributed by atoms with Gasteiger partial charge in [0.15, 0.2) is 0 Å². The zero-order valence-electron chi connectivity index (χ0n) is 11.6. The van der Waals surface area contributed by atoms with E-state index >= 15 is 0 Å². The molecule has 2 atom stereocenters. The van der Waals surface area contributed by atoms with Gasteiger partial charge in [-0.3, -0.25) is 10.1 Å². The highest BCUT2D eigenvalue weighted by Crippen LogP contribution is 2.24. The molecular formula is C14H16N4O3. The molecule has 7 nitrogen and oxygen atoms in total. The molecule has 3 rings (SSSR count). The van der Waals surface area contributed by atoms with Crippen molar-refractivity contribution in [1.29, 1.82) is 0 Å². The van der Waals surface area contributed by atoms with Crippen LogP contribution >= 0.6 is 0 Å². The Kier molecular flexibility index (Phi) is 3.94. The lowest BCUT2D eigenvalue weighted by Crippen LogP contribution is -2.47. The highest BCUT2D eigenvalue weighted by molar-refractivity contribution is 5.78. The van der Waals surface area contributed by atoms with Gasteiger partial charge >= 0.3 is 0 Å². The second-order valence-corrected chi connectivity index (χ2v) is 4.75. The summed E-state index contributed by atoms with van der Waals surface area (Å²) in [6.45, 7) is 0.679. The van der Waals surface area contributed by atoms with Crippen molar-refractivity contribution in [2.75, 3.05) is 20.2 Å². The van der Waals surface area contributed by atoms with E-state index in [0.29, 0.717) is 18.3 Å². The van der Waals surface area contributed by atoms with Crippen LogP contribution in [0.3, 0.4) is 0 Å². The van der Waals surface area contributed by atoms with Crippen LogP contribution in [0.5, 0.6) is 0 Å². The monoisotopic (exact) mass is 288 g/mol. The molecule has 110 valence electrons. The van der Waals surface area contributed by atoms with Crippen molar-refractivity contribution in [2.45, 2.75) is 12.1 Å². The zero-order valence-corrected chi connectivity index (χ0v) is 11.6. The molecule has 2 N–H and O–H groups in total. The Balaban J connectivity index is 1.79. The van der Waals surface area contributed by atoms with Gasteiger partial charge in [-0.15, -0.1) is 0 Å². The van der Waals surface area contributed by atoms with Gasteiger partial charge in [0.25, 0.3) is 0 Å². The first kappa shape index (κ1) is 13.7. The van der Waals surface area contributed by atoms with Crippen molar-refractivity contribution in [1.82, 2.24) is 20.8 Å². The predicted octanol–water partition coefficient (Wildman–Crippen LogP) is 0.566. The molecule has 1 aliphatic rings. The van der Waals surface area contributed by atoms with E-state index in [0.717, 1.165) is 5.56 Å². The maximum atomic E-state index is 11.1. The lowest BCUT2D eigenvalue weighted by atomic mass is 10.1. The van der Waals surface area contributed by atoms with Gasteiger partial charge in [-0.1, -0.05) is 35.5 Å². The van der Waals surface area contributed by atoms with Crippen molar-refractivity contribution in [3.8, 4) is 0 Å². The predicted molar refractivity (Wildman–Crippen MR) is 73.3 cm³/mol. The summed E-state index contributed by atoms with van der Waals surface area (Å²) in [7, 11) is 1.60. The minimum Gasteiger partial charge on any atom is -0.369 e. The van der Waals surface area contributed by atoms with Gasteiger partial charge in [0.1, 0.15) is 12.1 Å². The number of ether oxygens (including phenoxy) is 1. The number of nitrogens with zero attached hydrogens (tertiary/aromatic N) is 2. The summed E-state index contributed by atoms with van der Waals surface area (Å²) in [4.78, 5) is 15.5. The van der Waals surface area contributed by atoms with Gasteiger partial charge in [0.2, 0.25) is 17.6 Å². The Bertz CT molecular complexity index is 604. The average molecular weight is 288 g/mol. The van der Waals surface area contributed by atoms with Gasteiger partial charge in [0.05, 0.1) is 6.54 Å². The van der Waals surface area contributed by atoms with Crippen molar-refractivity contribution in [3.63, 3.8) is 0 Å². The van der Waals surface area contributed by atoms with Crippen LogP contribution < -0.4 is 10.6 Å². The molecule has 0 radical (unpaired) electrons. The van der Waals surface area contributed by atoms with E-state index in [1.54, 1.807) is 7.11 Å². The number of benzene rings is 1. The molecule has 1 amide bonds. The molecule has 2 unspecified atom stereocenters. The molecule has 1 saturated heterocycles. The fraction of sp³-hybridized carbons (Fsp3) is 0.357. The first-order valence-electron chi connectivity index (χ1n) is 6.69. The molecule has 0 bridgehead atoms. The maximum Gasteiger partial charge on any atom is 0.245 e. The zero-order chi connectivity index (χ0) is 14.7. The summed E-state index contributed by atoms with van der Waals surface area (Å²) >= 11 is 0. The number of amides is 1. The normalized spacial score (nSPS) is 20.0. The molecule has 21 heavy (non-hydrogen) atoms. The van der Waals surface area contributed by atoms with E-state index in [1.165, 1.54) is 0 Å². The Labute approximate surface area is 121 Å². The number of piperazine rings is 1. The van der Waals surface area contributed by atoms with E-state index in [9.17, 15) is 4.79 Å². The van der Waals surface area contributed by atoms with Crippen LogP contribution in [-0.2, 0) is 9.53 Å². The Morgan fingerprint density at radius 3 is 2.86 bits per heavy atom. The van der Waals surface area contributed by atoms with Crippen molar-refractivity contribution in [3.05, 3.63) is 47.6 Å². The first-order valence-corrected chi connectivity index (χ1v) is 6.69. The highest BCUT2D eigenvalue weighted by atomic mass is 16.5. The number of nitrogens with one attached hydrogen (secondary N) is 2. The number of hydrogen-bond donors (Lipinski definition) is 2. The Morgan fingerprint density at radius 1 is 1.38 bits per heavy atom. The third kappa shape index (κ3) is 2.93. The van der Waals surface area contributed by atoms with Gasteiger partial charge < -0.3 is 14.6 Å². The van der Waals surface area contributed by atoms with E-state index in [1.807, 2.05) is 30.3 Å². The Hall–Kier alpha value is -2.25. The summed E-state index contributed by atoms with van der Waals surface area (Å²) in [5, 5.41) is 9.79. The number of methoxy groups -OCH3 is 1. The average Bonchev–Trinajstić information content (AvgIpc) is 2.99. The fourth-order valence-corrected chi connectivity index (χ4v) is 2.25. The molecule has 1 aliphatic heterocycles. The molecule has 0 saturated carbocycles. The molecule has 1 fully saturated rings.